The molecule has 3 rings (SSSR count). The molecule has 2 aromatic rings. The van der Waals surface area contributed by atoms with E-state index >= 15 is 0 Å². The van der Waals surface area contributed by atoms with Gasteiger partial charge in [-0.15, -0.1) is 0 Å². The van der Waals surface area contributed by atoms with Crippen molar-refractivity contribution in [2.75, 3.05) is 13.2 Å². The van der Waals surface area contributed by atoms with E-state index in [1.54, 1.807) is 6.07 Å². The van der Waals surface area contributed by atoms with Gasteiger partial charge in [-0.05, 0) is 34.1 Å². The molecule has 5 nitrogen and oxygen atoms in total. The minimum absolute atomic E-state index is 0.0829. The zero-order valence-corrected chi connectivity index (χ0v) is 11.4. The van der Waals surface area contributed by atoms with Crippen LogP contribution in [0.5, 0.6) is 0 Å². The molecule has 1 fully saturated rings. The van der Waals surface area contributed by atoms with Crippen LogP contribution in [-0.2, 0) is 4.74 Å². The number of rotatable bonds is 2. The van der Waals surface area contributed by atoms with Crippen LogP contribution in [0.2, 0.25) is 0 Å². The highest BCUT2D eigenvalue weighted by Crippen LogP contribution is 2.29. The van der Waals surface area contributed by atoms with E-state index in [-0.39, 0.29) is 17.8 Å². The number of benzene rings is 1. The van der Waals surface area contributed by atoms with Crippen LogP contribution >= 0.6 is 15.9 Å². The van der Waals surface area contributed by atoms with Gasteiger partial charge < -0.3 is 15.0 Å². The number of nitrogens with zero attached hydrogens (tertiary/aromatic N) is 2. The van der Waals surface area contributed by atoms with Gasteiger partial charge >= 0.3 is 0 Å². The van der Waals surface area contributed by atoms with Gasteiger partial charge in [0.25, 0.3) is 0 Å². The molecule has 2 atom stereocenters. The number of halogens is 2. The van der Waals surface area contributed by atoms with Crippen molar-refractivity contribution in [1.29, 1.82) is 0 Å². The number of hydrogen-bond acceptors (Lipinski definition) is 5. The summed E-state index contributed by atoms with van der Waals surface area (Å²) in [6.07, 6.45) is 0. The van der Waals surface area contributed by atoms with Crippen LogP contribution < -0.4 is 5.73 Å². The third-order valence-corrected chi connectivity index (χ3v) is 3.71. The summed E-state index contributed by atoms with van der Waals surface area (Å²) >= 11 is 3.28. The maximum Gasteiger partial charge on any atom is 0.234 e. The van der Waals surface area contributed by atoms with Gasteiger partial charge in [0.05, 0.1) is 19.1 Å². The van der Waals surface area contributed by atoms with Crippen LogP contribution in [0.15, 0.2) is 27.2 Å². The maximum absolute atomic E-state index is 13.0. The monoisotopic (exact) mass is 327 g/mol. The lowest BCUT2D eigenvalue weighted by Gasteiger charge is -2.06. The van der Waals surface area contributed by atoms with E-state index < -0.39 is 0 Å². The van der Waals surface area contributed by atoms with Crippen LogP contribution in [0.3, 0.4) is 0 Å². The Kier molecular flexibility index (Phi) is 3.34. The predicted molar refractivity (Wildman–Crippen MR) is 68.9 cm³/mol. The third-order valence-electron chi connectivity index (χ3n) is 3.06. The van der Waals surface area contributed by atoms with Crippen LogP contribution in [0.1, 0.15) is 11.8 Å². The minimum Gasteiger partial charge on any atom is -0.379 e. The minimum atomic E-state index is -0.328. The van der Waals surface area contributed by atoms with Crippen molar-refractivity contribution in [1.82, 2.24) is 10.1 Å². The number of nitrogens with two attached hydrogens (primary N) is 1. The lowest BCUT2D eigenvalue weighted by molar-refractivity contribution is 0.187. The van der Waals surface area contributed by atoms with Gasteiger partial charge in [0.1, 0.15) is 5.82 Å². The molecule has 19 heavy (non-hydrogen) atoms. The molecule has 1 saturated heterocycles. The average Bonchev–Trinajstić information content (AvgIpc) is 2.97. The molecule has 7 heteroatoms. The van der Waals surface area contributed by atoms with E-state index in [1.165, 1.54) is 12.1 Å². The molecule has 0 amide bonds. The maximum atomic E-state index is 13.0. The molecule has 1 aromatic carbocycles. The van der Waals surface area contributed by atoms with Crippen LogP contribution in [0.4, 0.5) is 4.39 Å². The molecule has 1 aliphatic rings. The second-order valence-electron chi connectivity index (χ2n) is 4.39. The topological polar surface area (TPSA) is 74.2 Å². The summed E-state index contributed by atoms with van der Waals surface area (Å²) in [4.78, 5) is 4.31. The summed E-state index contributed by atoms with van der Waals surface area (Å²) in [6.45, 7) is 0.968. The Morgan fingerprint density at radius 3 is 2.89 bits per heavy atom. The molecular formula is C12H11BrFN3O2. The fourth-order valence-electron chi connectivity index (χ4n) is 1.99. The van der Waals surface area contributed by atoms with Gasteiger partial charge in [-0.3, -0.25) is 0 Å². The Balaban J connectivity index is 1.92. The first-order valence-corrected chi connectivity index (χ1v) is 6.57. The van der Waals surface area contributed by atoms with E-state index in [0.29, 0.717) is 35.0 Å². The quantitative estimate of drug-likeness (QED) is 0.914. The SMILES string of the molecule is NC1COCC1c1nc(-c2ccc(F)cc2Br)no1. The van der Waals surface area contributed by atoms with E-state index in [2.05, 4.69) is 26.1 Å². The number of hydrogen-bond donors (Lipinski definition) is 1. The standard InChI is InChI=1S/C12H11BrFN3O2/c13-9-3-6(14)1-2-7(9)11-16-12(19-17-11)8-4-18-5-10(8)15/h1-3,8,10H,4-5,15H2. The molecule has 100 valence electrons. The molecular weight excluding hydrogens is 317 g/mol. The molecule has 2 N–H and O–H groups in total. The average molecular weight is 328 g/mol. The van der Waals surface area contributed by atoms with E-state index in [0.717, 1.165) is 0 Å². The van der Waals surface area contributed by atoms with Gasteiger partial charge in [-0.1, -0.05) is 5.16 Å². The van der Waals surface area contributed by atoms with Crippen molar-refractivity contribution >= 4 is 15.9 Å². The zero-order valence-electron chi connectivity index (χ0n) is 9.85. The van der Waals surface area contributed by atoms with Crippen LogP contribution in [0, 0.1) is 5.82 Å². The fraction of sp³-hybridized carbons (Fsp3) is 0.333. The van der Waals surface area contributed by atoms with Crippen LogP contribution in [-0.4, -0.2) is 29.4 Å². The smallest absolute Gasteiger partial charge is 0.234 e. The molecule has 0 aliphatic carbocycles. The van der Waals surface area contributed by atoms with Gasteiger partial charge in [0, 0.05) is 16.1 Å². The summed E-state index contributed by atoms with van der Waals surface area (Å²) in [6, 6.07) is 4.17. The molecule has 0 spiro atoms. The van der Waals surface area contributed by atoms with Crippen molar-refractivity contribution in [2.45, 2.75) is 12.0 Å². The first kappa shape index (κ1) is 12.7. The Bertz CT molecular complexity index is 604. The normalized spacial score (nSPS) is 22.9. The molecule has 0 radical (unpaired) electrons. The Morgan fingerprint density at radius 2 is 2.21 bits per heavy atom. The molecule has 1 aromatic heterocycles. The van der Waals surface area contributed by atoms with E-state index in [9.17, 15) is 4.39 Å². The highest BCUT2D eigenvalue weighted by Gasteiger charge is 2.31. The fourth-order valence-corrected chi connectivity index (χ4v) is 2.52. The zero-order chi connectivity index (χ0) is 13.4. The molecule has 2 unspecified atom stereocenters. The van der Waals surface area contributed by atoms with Gasteiger partial charge in [-0.2, -0.15) is 4.98 Å². The summed E-state index contributed by atoms with van der Waals surface area (Å²) in [7, 11) is 0. The highest BCUT2D eigenvalue weighted by molar-refractivity contribution is 9.10. The molecule has 0 bridgehead atoms. The first-order valence-electron chi connectivity index (χ1n) is 5.77. The second kappa shape index (κ2) is 4.99. The first-order chi connectivity index (χ1) is 9.15. The van der Waals surface area contributed by atoms with Crippen molar-refractivity contribution in [2.24, 2.45) is 5.73 Å². The van der Waals surface area contributed by atoms with Crippen molar-refractivity contribution in [3.8, 4) is 11.4 Å². The van der Waals surface area contributed by atoms with Gasteiger partial charge in [0.15, 0.2) is 0 Å². The van der Waals surface area contributed by atoms with Crippen molar-refractivity contribution < 1.29 is 13.7 Å². The molecule has 1 aliphatic heterocycles. The van der Waals surface area contributed by atoms with Crippen molar-refractivity contribution in [3.05, 3.63) is 34.4 Å². The summed E-state index contributed by atoms with van der Waals surface area (Å²) in [5.74, 6) is 0.447. The number of ether oxygens (including phenoxy) is 1. The Morgan fingerprint density at radius 1 is 1.37 bits per heavy atom. The summed E-state index contributed by atoms with van der Waals surface area (Å²) in [5, 5.41) is 3.91. The van der Waals surface area contributed by atoms with E-state index in [4.69, 9.17) is 15.0 Å². The van der Waals surface area contributed by atoms with Crippen LogP contribution in [0.25, 0.3) is 11.4 Å². The lowest BCUT2D eigenvalue weighted by atomic mass is 10.1. The van der Waals surface area contributed by atoms with E-state index in [1.807, 2.05) is 0 Å². The van der Waals surface area contributed by atoms with Gasteiger partial charge in [0.2, 0.25) is 11.7 Å². The second-order valence-corrected chi connectivity index (χ2v) is 5.24. The highest BCUT2D eigenvalue weighted by atomic mass is 79.9. The number of aromatic nitrogens is 2. The Hall–Kier alpha value is -1.31. The van der Waals surface area contributed by atoms with Crippen molar-refractivity contribution in [3.63, 3.8) is 0 Å². The molecule has 2 heterocycles. The molecule has 0 saturated carbocycles. The largest absolute Gasteiger partial charge is 0.379 e. The predicted octanol–water partition coefficient (Wildman–Crippen LogP) is 2.08. The Labute approximate surface area is 117 Å². The summed E-state index contributed by atoms with van der Waals surface area (Å²) in [5.41, 5.74) is 6.57. The lowest BCUT2D eigenvalue weighted by Crippen LogP contribution is -2.26. The third kappa shape index (κ3) is 2.41. The summed E-state index contributed by atoms with van der Waals surface area (Å²) < 4.78 is 24.1. The van der Waals surface area contributed by atoms with Gasteiger partial charge in [-0.25, -0.2) is 4.39 Å².